The number of thiazole rings is 1. The molecule has 8 nitrogen and oxygen atoms in total. The van der Waals surface area contributed by atoms with Gasteiger partial charge in [0.25, 0.3) is 5.56 Å². The van der Waals surface area contributed by atoms with E-state index >= 15 is 0 Å². The first-order chi connectivity index (χ1) is 21.6. The van der Waals surface area contributed by atoms with Gasteiger partial charge in [0, 0.05) is 10.6 Å². The fourth-order valence-corrected chi connectivity index (χ4v) is 6.93. The molecule has 1 aliphatic heterocycles. The van der Waals surface area contributed by atoms with Gasteiger partial charge < -0.3 is 14.2 Å². The Bertz CT molecular complexity index is 1980. The maximum absolute atomic E-state index is 14.1. The molecule has 11 heteroatoms. The van der Waals surface area contributed by atoms with Crippen LogP contribution in [0.2, 0.25) is 5.02 Å². The fraction of sp³-hybridized carbons (Fsp3) is 0.235. The summed E-state index contributed by atoms with van der Waals surface area (Å²) in [6.45, 7) is 7.92. The molecule has 0 N–H and O–H groups in total. The average Bonchev–Trinajstić information content (AvgIpc) is 3.30. The number of aromatic nitrogens is 1. The number of carbonyl (C=O) groups is 2. The van der Waals surface area contributed by atoms with Gasteiger partial charge in [-0.1, -0.05) is 64.9 Å². The molecule has 2 heterocycles. The average molecular weight is 710 g/mol. The van der Waals surface area contributed by atoms with E-state index in [0.29, 0.717) is 53.6 Å². The summed E-state index contributed by atoms with van der Waals surface area (Å²) < 4.78 is 19.2. The number of benzene rings is 3. The molecule has 0 fully saturated rings. The number of aryl methyl sites for hydroxylation is 1. The quantitative estimate of drug-likeness (QED) is 0.190. The minimum Gasteiger partial charge on any atom is -0.487 e. The first-order valence-corrected chi connectivity index (χ1v) is 16.2. The zero-order valence-corrected chi connectivity index (χ0v) is 28.2. The summed E-state index contributed by atoms with van der Waals surface area (Å²) in [5, 5.41) is 0.449. The van der Waals surface area contributed by atoms with Crippen molar-refractivity contribution in [3.8, 4) is 5.75 Å². The number of nitrogens with zero attached hydrogens (tertiary/aromatic N) is 2. The second-order valence-corrected chi connectivity index (χ2v) is 12.5. The molecule has 232 valence electrons. The molecule has 0 radical (unpaired) electrons. The summed E-state index contributed by atoms with van der Waals surface area (Å²) in [4.78, 5) is 44.4. The van der Waals surface area contributed by atoms with E-state index in [9.17, 15) is 14.4 Å². The van der Waals surface area contributed by atoms with Crippen molar-refractivity contribution in [2.45, 2.75) is 40.3 Å². The number of carbonyl (C=O) groups excluding carboxylic acids is 2. The van der Waals surface area contributed by atoms with Crippen LogP contribution in [0.15, 0.2) is 86.2 Å². The van der Waals surface area contributed by atoms with Crippen molar-refractivity contribution in [2.24, 2.45) is 4.99 Å². The van der Waals surface area contributed by atoms with E-state index in [1.807, 2.05) is 31.2 Å². The predicted molar refractivity (Wildman–Crippen MR) is 177 cm³/mol. The highest BCUT2D eigenvalue weighted by atomic mass is 79.9. The molecular formula is C34H30BrClN2O6S. The Morgan fingerprint density at radius 3 is 2.33 bits per heavy atom. The van der Waals surface area contributed by atoms with Crippen molar-refractivity contribution in [3.63, 3.8) is 0 Å². The van der Waals surface area contributed by atoms with E-state index in [0.717, 1.165) is 16.7 Å². The first kappa shape index (κ1) is 32.4. The molecule has 45 heavy (non-hydrogen) atoms. The number of hydrogen-bond acceptors (Lipinski definition) is 8. The number of hydrogen-bond donors (Lipinski definition) is 0. The summed E-state index contributed by atoms with van der Waals surface area (Å²) in [6.07, 6.45) is 1.72. The minimum absolute atomic E-state index is 0.195. The standard InChI is InChI=1S/C34H30BrClN2O6S/c1-5-42-32(40)23-13-9-21(10-14-23)18-44-30-24(15-25(36)17-26(30)35)16-27-31(39)38-29(22-11-7-19(3)8-12-22)28(33(41)43-6-2)20(4)37-34(38)45-27/h7-17,29H,5-6,18H2,1-4H3/b27-16-/t29-/m1/s1. The SMILES string of the molecule is CCOC(=O)C1=C(C)N=c2s/c(=C\c3cc(Cl)cc(Br)c3OCc3ccc(C(=O)OCC)cc3)c(=O)n2[C@@H]1c1ccc(C)cc1. The molecule has 3 aromatic carbocycles. The monoisotopic (exact) mass is 708 g/mol. The van der Waals surface area contributed by atoms with Crippen molar-refractivity contribution >= 4 is 56.9 Å². The molecule has 0 unspecified atom stereocenters. The number of esters is 2. The van der Waals surface area contributed by atoms with Gasteiger partial charge in [-0.2, -0.15) is 0 Å². The van der Waals surface area contributed by atoms with E-state index in [1.165, 1.54) is 11.3 Å². The van der Waals surface area contributed by atoms with Crippen LogP contribution in [0.4, 0.5) is 0 Å². The lowest BCUT2D eigenvalue weighted by molar-refractivity contribution is -0.139. The van der Waals surface area contributed by atoms with E-state index in [4.69, 9.17) is 25.8 Å². The number of rotatable bonds is 9. The van der Waals surface area contributed by atoms with Crippen molar-refractivity contribution in [1.29, 1.82) is 0 Å². The third kappa shape index (κ3) is 6.98. The van der Waals surface area contributed by atoms with E-state index in [-0.39, 0.29) is 24.7 Å². The Morgan fingerprint density at radius 2 is 1.67 bits per heavy atom. The largest absolute Gasteiger partial charge is 0.487 e. The molecule has 4 aromatic rings. The van der Waals surface area contributed by atoms with Crippen LogP contribution in [0.5, 0.6) is 5.75 Å². The summed E-state index contributed by atoms with van der Waals surface area (Å²) in [5.41, 5.74) is 4.20. The highest BCUT2D eigenvalue weighted by molar-refractivity contribution is 9.10. The van der Waals surface area contributed by atoms with Gasteiger partial charge in [-0.05, 0) is 85.1 Å². The predicted octanol–water partition coefficient (Wildman–Crippen LogP) is 6.28. The lowest BCUT2D eigenvalue weighted by Crippen LogP contribution is -2.39. The van der Waals surface area contributed by atoms with Gasteiger partial charge in [0.05, 0.1) is 45.1 Å². The van der Waals surface area contributed by atoms with Crippen LogP contribution in [0.3, 0.4) is 0 Å². The number of ether oxygens (including phenoxy) is 3. The van der Waals surface area contributed by atoms with Gasteiger partial charge in [-0.3, -0.25) is 9.36 Å². The fourth-order valence-electron chi connectivity index (χ4n) is 4.94. The first-order valence-electron chi connectivity index (χ1n) is 14.2. The molecule has 0 saturated carbocycles. The molecule has 1 aromatic heterocycles. The molecule has 1 aliphatic rings. The third-order valence-electron chi connectivity index (χ3n) is 7.08. The lowest BCUT2D eigenvalue weighted by atomic mass is 9.95. The summed E-state index contributed by atoms with van der Waals surface area (Å²) in [7, 11) is 0. The molecule has 0 aliphatic carbocycles. The van der Waals surface area contributed by atoms with Crippen molar-refractivity contribution < 1.29 is 23.8 Å². The van der Waals surface area contributed by atoms with Crippen molar-refractivity contribution in [3.05, 3.63) is 129 Å². The molecular weight excluding hydrogens is 680 g/mol. The lowest BCUT2D eigenvalue weighted by Gasteiger charge is -2.24. The highest BCUT2D eigenvalue weighted by Gasteiger charge is 2.33. The smallest absolute Gasteiger partial charge is 0.338 e. The highest BCUT2D eigenvalue weighted by Crippen LogP contribution is 2.34. The topological polar surface area (TPSA) is 96.2 Å². The maximum Gasteiger partial charge on any atom is 0.338 e. The molecule has 0 saturated heterocycles. The zero-order chi connectivity index (χ0) is 32.2. The Balaban J connectivity index is 1.56. The van der Waals surface area contributed by atoms with Crippen LogP contribution < -0.4 is 19.6 Å². The van der Waals surface area contributed by atoms with Crippen LogP contribution in [-0.4, -0.2) is 29.7 Å². The van der Waals surface area contributed by atoms with E-state index < -0.39 is 12.0 Å². The van der Waals surface area contributed by atoms with E-state index in [2.05, 4.69) is 20.9 Å². The summed E-state index contributed by atoms with van der Waals surface area (Å²) in [5.74, 6) is -0.412. The Morgan fingerprint density at radius 1 is 1.00 bits per heavy atom. The van der Waals surface area contributed by atoms with Gasteiger partial charge in [-0.15, -0.1) is 0 Å². The van der Waals surface area contributed by atoms with Gasteiger partial charge in [0.2, 0.25) is 0 Å². The van der Waals surface area contributed by atoms with Crippen LogP contribution in [-0.2, 0) is 20.9 Å². The second-order valence-electron chi connectivity index (χ2n) is 10.2. The molecule has 0 amide bonds. The van der Waals surface area contributed by atoms with Crippen LogP contribution in [0.1, 0.15) is 59.4 Å². The van der Waals surface area contributed by atoms with Gasteiger partial charge in [0.1, 0.15) is 12.4 Å². The van der Waals surface area contributed by atoms with Crippen molar-refractivity contribution in [1.82, 2.24) is 4.57 Å². The molecule has 0 bridgehead atoms. The summed E-state index contributed by atoms with van der Waals surface area (Å²) >= 11 is 11.2. The minimum atomic E-state index is -0.706. The van der Waals surface area contributed by atoms with Crippen molar-refractivity contribution in [2.75, 3.05) is 13.2 Å². The number of halogens is 2. The Hall–Kier alpha value is -3.99. The van der Waals surface area contributed by atoms with Crippen LogP contribution >= 0.6 is 38.9 Å². The normalized spacial score (nSPS) is 14.5. The third-order valence-corrected chi connectivity index (χ3v) is 8.87. The molecule has 1 atom stereocenters. The van der Waals surface area contributed by atoms with Gasteiger partial charge >= 0.3 is 11.9 Å². The maximum atomic E-state index is 14.1. The summed E-state index contributed by atoms with van der Waals surface area (Å²) in [6, 6.07) is 17.4. The Kier molecular flexibility index (Phi) is 10.1. The zero-order valence-electron chi connectivity index (χ0n) is 25.1. The molecule has 5 rings (SSSR count). The number of fused-ring (bicyclic) bond motifs is 1. The van der Waals surface area contributed by atoms with Crippen LogP contribution in [0.25, 0.3) is 6.08 Å². The second kappa shape index (κ2) is 14.0. The Labute approximate surface area is 277 Å². The van der Waals surface area contributed by atoms with Gasteiger partial charge in [-0.25, -0.2) is 14.6 Å². The number of allylic oxidation sites excluding steroid dienone is 1. The van der Waals surface area contributed by atoms with Crippen LogP contribution in [0, 0.1) is 6.92 Å². The van der Waals surface area contributed by atoms with E-state index in [1.54, 1.807) is 67.8 Å². The van der Waals surface area contributed by atoms with Gasteiger partial charge in [0.15, 0.2) is 4.80 Å². The molecule has 0 spiro atoms.